The van der Waals surface area contributed by atoms with Crippen molar-refractivity contribution in [3.8, 4) is 0 Å². The number of fused-ring (bicyclic) bond motifs is 2. The standard InChI is InChI=1S/C15H17B3N2O3/c19-9-15-11-5-1-2-6-12(11)17(21-15)23-18-14-8-4-3-7-13(14)16(10-20)22-18/h1-8,15H,9-10,19-20H2. The molecular weight excluding hydrogens is 289 g/mol. The fourth-order valence-electron chi connectivity index (χ4n) is 3.32. The molecule has 0 bridgehead atoms. The third-order valence-corrected chi connectivity index (χ3v) is 4.44. The van der Waals surface area contributed by atoms with Crippen molar-refractivity contribution < 1.29 is 13.8 Å². The average molecular weight is 306 g/mol. The van der Waals surface area contributed by atoms with Gasteiger partial charge < -0.3 is 25.3 Å². The molecule has 0 radical (unpaired) electrons. The van der Waals surface area contributed by atoms with Gasteiger partial charge in [0.1, 0.15) is 0 Å². The average Bonchev–Trinajstić information content (AvgIpc) is 3.14. The molecule has 1 atom stereocenters. The Morgan fingerprint density at radius 3 is 2.35 bits per heavy atom. The van der Waals surface area contributed by atoms with Crippen LogP contribution in [0.1, 0.15) is 11.7 Å². The number of hydrogen-bond donors (Lipinski definition) is 2. The highest BCUT2D eigenvalue weighted by atomic mass is 16.6. The summed E-state index contributed by atoms with van der Waals surface area (Å²) in [5.41, 5.74) is 15.8. The summed E-state index contributed by atoms with van der Waals surface area (Å²) in [6, 6.07) is 16.0. The summed E-state index contributed by atoms with van der Waals surface area (Å²) in [6.45, 7) is 0.280. The summed E-state index contributed by atoms with van der Waals surface area (Å²) in [5.74, 6) is 0. The van der Waals surface area contributed by atoms with E-state index in [1.807, 2.05) is 48.5 Å². The quantitative estimate of drug-likeness (QED) is 0.676. The molecule has 2 aliphatic rings. The monoisotopic (exact) mass is 306 g/mol. The van der Waals surface area contributed by atoms with E-state index in [1.54, 1.807) is 0 Å². The third kappa shape index (κ3) is 2.53. The Bertz CT molecular complexity index is 658. The van der Waals surface area contributed by atoms with Crippen LogP contribution in [-0.4, -0.2) is 34.1 Å². The van der Waals surface area contributed by atoms with Crippen molar-refractivity contribution in [2.45, 2.75) is 6.10 Å². The molecule has 114 valence electrons. The Balaban J connectivity index is 1.60. The van der Waals surface area contributed by atoms with Gasteiger partial charge in [0.25, 0.3) is 0 Å². The molecule has 2 heterocycles. The van der Waals surface area contributed by atoms with E-state index < -0.39 is 14.2 Å². The Kier molecular flexibility index (Phi) is 4.01. The number of hydrogen-bond acceptors (Lipinski definition) is 5. The maximum Gasteiger partial charge on any atom is 0.481 e. The molecule has 0 aromatic heterocycles. The fraction of sp³-hybridized carbons (Fsp3) is 0.200. The van der Waals surface area contributed by atoms with E-state index in [-0.39, 0.29) is 13.0 Å². The molecule has 0 spiro atoms. The molecule has 23 heavy (non-hydrogen) atoms. The van der Waals surface area contributed by atoms with Crippen molar-refractivity contribution in [2.24, 2.45) is 11.5 Å². The van der Waals surface area contributed by atoms with Crippen LogP contribution in [0.4, 0.5) is 0 Å². The van der Waals surface area contributed by atoms with Crippen molar-refractivity contribution in [1.29, 1.82) is 0 Å². The summed E-state index contributed by atoms with van der Waals surface area (Å²) in [7, 11) is -0.955. The third-order valence-electron chi connectivity index (χ3n) is 4.44. The Labute approximate surface area is 136 Å². The minimum absolute atomic E-state index is 0.141. The minimum Gasteiger partial charge on any atom is -0.467 e. The second-order valence-corrected chi connectivity index (χ2v) is 5.78. The lowest BCUT2D eigenvalue weighted by Crippen LogP contribution is -2.45. The van der Waals surface area contributed by atoms with Crippen LogP contribution in [0.15, 0.2) is 48.5 Å². The normalized spacial score (nSPS) is 19.2. The summed E-state index contributed by atoms with van der Waals surface area (Å²) in [5, 5.41) is 0. The zero-order valence-corrected chi connectivity index (χ0v) is 12.7. The van der Waals surface area contributed by atoms with Gasteiger partial charge in [-0.3, -0.25) is 0 Å². The van der Waals surface area contributed by atoms with Crippen LogP contribution in [0.2, 0.25) is 0 Å². The van der Waals surface area contributed by atoms with Crippen LogP contribution >= 0.6 is 0 Å². The van der Waals surface area contributed by atoms with Gasteiger partial charge in [-0.05, 0) is 22.0 Å². The van der Waals surface area contributed by atoms with Gasteiger partial charge in [-0.1, -0.05) is 48.5 Å². The van der Waals surface area contributed by atoms with E-state index in [0.717, 1.165) is 22.0 Å². The van der Waals surface area contributed by atoms with Gasteiger partial charge in [-0.2, -0.15) is 0 Å². The first-order valence-electron chi connectivity index (χ1n) is 7.86. The Morgan fingerprint density at radius 2 is 1.61 bits per heavy atom. The van der Waals surface area contributed by atoms with Crippen molar-refractivity contribution >= 4 is 37.5 Å². The van der Waals surface area contributed by atoms with Gasteiger partial charge in [-0.25, -0.2) is 0 Å². The van der Waals surface area contributed by atoms with Crippen molar-refractivity contribution in [3.63, 3.8) is 0 Å². The van der Waals surface area contributed by atoms with Gasteiger partial charge in [0.15, 0.2) is 0 Å². The maximum absolute atomic E-state index is 6.13. The summed E-state index contributed by atoms with van der Waals surface area (Å²) >= 11 is 0. The first-order valence-corrected chi connectivity index (χ1v) is 7.86. The van der Waals surface area contributed by atoms with Gasteiger partial charge in [0.05, 0.1) is 6.10 Å². The number of nitrogens with two attached hydrogens (primary N) is 2. The highest BCUT2D eigenvalue weighted by Crippen LogP contribution is 2.24. The largest absolute Gasteiger partial charge is 0.481 e. The van der Waals surface area contributed by atoms with Gasteiger partial charge in [0, 0.05) is 13.0 Å². The number of benzene rings is 2. The minimum atomic E-state index is -0.477. The lowest BCUT2D eigenvalue weighted by Gasteiger charge is -2.15. The second-order valence-electron chi connectivity index (χ2n) is 5.78. The summed E-state index contributed by atoms with van der Waals surface area (Å²) < 4.78 is 18.1. The second kappa shape index (κ2) is 6.15. The molecule has 2 aromatic rings. The van der Waals surface area contributed by atoms with E-state index in [2.05, 4.69) is 0 Å². The smallest absolute Gasteiger partial charge is 0.467 e. The van der Waals surface area contributed by atoms with Crippen molar-refractivity contribution in [1.82, 2.24) is 0 Å². The molecular formula is C15H17B3N2O3. The lowest BCUT2D eigenvalue weighted by molar-refractivity contribution is 0.198. The topological polar surface area (TPSA) is 79.7 Å². The SMILES string of the molecule is NCB1OB(OB2OC(CN)c3ccccc32)c2ccccc21. The van der Waals surface area contributed by atoms with Crippen LogP contribution < -0.4 is 27.9 Å². The molecule has 4 N–H and O–H groups in total. The molecule has 5 nitrogen and oxygen atoms in total. The van der Waals surface area contributed by atoms with E-state index in [9.17, 15) is 0 Å². The molecule has 0 amide bonds. The van der Waals surface area contributed by atoms with E-state index in [0.29, 0.717) is 13.0 Å². The first kappa shape index (κ1) is 15.0. The predicted octanol–water partition coefficient (Wildman–Crippen LogP) is -1.45. The molecule has 8 heteroatoms. The van der Waals surface area contributed by atoms with Gasteiger partial charge in [0.2, 0.25) is 0 Å². The molecule has 0 fully saturated rings. The lowest BCUT2D eigenvalue weighted by atomic mass is 9.61. The van der Waals surface area contributed by atoms with E-state index >= 15 is 0 Å². The van der Waals surface area contributed by atoms with E-state index in [1.165, 1.54) is 0 Å². The zero-order valence-electron chi connectivity index (χ0n) is 12.7. The van der Waals surface area contributed by atoms with E-state index in [4.69, 9.17) is 25.3 Å². The fourth-order valence-corrected chi connectivity index (χ4v) is 3.32. The summed E-state index contributed by atoms with van der Waals surface area (Å²) in [4.78, 5) is 0. The molecule has 4 rings (SSSR count). The molecule has 1 unspecified atom stereocenters. The van der Waals surface area contributed by atoms with Crippen molar-refractivity contribution in [2.75, 3.05) is 13.0 Å². The Hall–Kier alpha value is -1.57. The Morgan fingerprint density at radius 1 is 0.913 bits per heavy atom. The van der Waals surface area contributed by atoms with Gasteiger partial charge in [-0.15, -0.1) is 0 Å². The van der Waals surface area contributed by atoms with Gasteiger partial charge >= 0.3 is 21.2 Å². The van der Waals surface area contributed by atoms with Crippen LogP contribution in [0.3, 0.4) is 0 Å². The van der Waals surface area contributed by atoms with Crippen LogP contribution in [0.5, 0.6) is 0 Å². The maximum atomic E-state index is 6.13. The zero-order chi connectivity index (χ0) is 15.8. The van der Waals surface area contributed by atoms with Crippen LogP contribution in [-0.2, 0) is 13.8 Å². The highest BCUT2D eigenvalue weighted by Gasteiger charge is 2.45. The van der Waals surface area contributed by atoms with Crippen molar-refractivity contribution in [3.05, 3.63) is 54.1 Å². The molecule has 0 saturated heterocycles. The van der Waals surface area contributed by atoms with Crippen LogP contribution in [0, 0.1) is 0 Å². The molecule has 0 aliphatic carbocycles. The first-order chi connectivity index (χ1) is 11.3. The molecule has 2 aliphatic heterocycles. The predicted molar refractivity (Wildman–Crippen MR) is 93.2 cm³/mol. The number of rotatable bonds is 4. The molecule has 0 saturated carbocycles. The summed E-state index contributed by atoms with van der Waals surface area (Å²) in [6.07, 6.45) is 0.280. The van der Waals surface area contributed by atoms with Crippen LogP contribution in [0.25, 0.3) is 0 Å². The highest BCUT2D eigenvalue weighted by molar-refractivity contribution is 6.90. The molecule has 2 aromatic carbocycles.